The molecule has 4 heterocycles. The molecule has 0 aliphatic carbocycles. The van der Waals surface area contributed by atoms with Gasteiger partial charge in [0.2, 0.25) is 10.1 Å². The van der Waals surface area contributed by atoms with Gasteiger partial charge in [0.15, 0.2) is 0 Å². The van der Waals surface area contributed by atoms with Gasteiger partial charge in [-0.25, -0.2) is 0 Å². The lowest BCUT2D eigenvalue weighted by Gasteiger charge is -2.29. The monoisotopic (exact) mass is 377 g/mol. The minimum Gasteiger partial charge on any atom is -0.376 e. The highest BCUT2D eigenvalue weighted by molar-refractivity contribution is 7.20. The second-order valence-corrected chi connectivity index (χ2v) is 8.01. The molecule has 0 saturated carbocycles. The number of ether oxygens (including phenoxy) is 1. The Morgan fingerprint density at radius 1 is 1.38 bits per heavy atom. The van der Waals surface area contributed by atoms with Crippen molar-refractivity contribution < 1.29 is 9.53 Å². The molecule has 2 saturated heterocycles. The Morgan fingerprint density at radius 2 is 2.19 bits per heavy atom. The minimum atomic E-state index is -0.422. The van der Waals surface area contributed by atoms with Crippen molar-refractivity contribution in [1.82, 2.24) is 19.9 Å². The molecule has 0 radical (unpaired) electrons. The lowest BCUT2D eigenvalue weighted by atomic mass is 10.00. The maximum Gasteiger partial charge on any atom is 0.274 e. The van der Waals surface area contributed by atoms with Crippen LogP contribution in [0.2, 0.25) is 0 Å². The third-order valence-electron chi connectivity index (χ3n) is 5.04. The summed E-state index contributed by atoms with van der Waals surface area (Å²) in [5.74, 6) is 0.401. The van der Waals surface area contributed by atoms with Crippen LogP contribution in [0.1, 0.15) is 43.1 Å². The highest BCUT2D eigenvalue weighted by atomic mass is 32.1. The van der Waals surface area contributed by atoms with Crippen molar-refractivity contribution in [3.8, 4) is 0 Å². The number of hydrogen-bond acceptors (Lipinski definition) is 7. The van der Waals surface area contributed by atoms with E-state index in [1.807, 2.05) is 0 Å². The SMILES string of the molecule is CC1CCN(c2nn3c(C(=O)NC[C@@H]4CCCO4)cc(=O)nc3s2)CC1. The quantitative estimate of drug-likeness (QED) is 0.864. The first-order chi connectivity index (χ1) is 12.6. The second kappa shape index (κ2) is 7.32. The van der Waals surface area contributed by atoms with Gasteiger partial charge >= 0.3 is 0 Å². The zero-order valence-corrected chi connectivity index (χ0v) is 15.6. The van der Waals surface area contributed by atoms with E-state index in [0.717, 1.165) is 56.4 Å². The first-order valence-corrected chi connectivity index (χ1v) is 9.97. The molecule has 26 heavy (non-hydrogen) atoms. The number of anilines is 1. The third-order valence-corrected chi connectivity index (χ3v) is 6.01. The molecule has 9 heteroatoms. The van der Waals surface area contributed by atoms with Gasteiger partial charge in [0.25, 0.3) is 11.5 Å². The number of piperidine rings is 1. The van der Waals surface area contributed by atoms with Crippen LogP contribution in [0.15, 0.2) is 10.9 Å². The molecule has 2 aliphatic rings. The van der Waals surface area contributed by atoms with Crippen molar-refractivity contribution in [2.45, 2.75) is 38.7 Å². The number of rotatable bonds is 4. The molecule has 1 N–H and O–H groups in total. The molecule has 1 atom stereocenters. The van der Waals surface area contributed by atoms with E-state index in [2.05, 4.69) is 27.2 Å². The van der Waals surface area contributed by atoms with E-state index in [1.54, 1.807) is 0 Å². The van der Waals surface area contributed by atoms with Crippen LogP contribution >= 0.6 is 11.3 Å². The Balaban J connectivity index is 1.57. The first-order valence-electron chi connectivity index (χ1n) is 9.16. The molecule has 0 unspecified atom stereocenters. The van der Waals surface area contributed by atoms with Crippen molar-refractivity contribution in [2.24, 2.45) is 5.92 Å². The van der Waals surface area contributed by atoms with Crippen LogP contribution in [0.3, 0.4) is 0 Å². The fourth-order valence-corrected chi connectivity index (χ4v) is 4.36. The van der Waals surface area contributed by atoms with Crippen molar-refractivity contribution in [2.75, 3.05) is 31.1 Å². The van der Waals surface area contributed by atoms with Crippen LogP contribution in [-0.4, -0.2) is 52.9 Å². The van der Waals surface area contributed by atoms with Gasteiger partial charge in [-0.2, -0.15) is 9.50 Å². The molecule has 0 bridgehead atoms. The molecule has 1 amide bonds. The van der Waals surface area contributed by atoms with E-state index in [9.17, 15) is 9.59 Å². The summed E-state index contributed by atoms with van der Waals surface area (Å²) in [6, 6.07) is 1.25. The van der Waals surface area contributed by atoms with Crippen LogP contribution in [0.5, 0.6) is 0 Å². The lowest BCUT2D eigenvalue weighted by Crippen LogP contribution is -2.34. The molecular formula is C17H23N5O3S. The van der Waals surface area contributed by atoms with Crippen molar-refractivity contribution >= 4 is 27.3 Å². The standard InChI is InChI=1S/C17H23N5O3S/c1-11-4-6-21(7-5-11)17-20-22-13(9-14(23)19-16(22)26-17)15(24)18-10-12-3-2-8-25-12/h9,11-12H,2-8,10H2,1H3,(H,18,24)/t12-/m0/s1. The number of nitrogens with one attached hydrogen (secondary N) is 1. The van der Waals surface area contributed by atoms with Gasteiger partial charge in [-0.1, -0.05) is 18.3 Å². The number of carbonyl (C=O) groups excluding carboxylic acids is 1. The second-order valence-electron chi connectivity index (χ2n) is 7.07. The summed E-state index contributed by atoms with van der Waals surface area (Å²) in [5.41, 5.74) is -0.194. The fraction of sp³-hybridized carbons (Fsp3) is 0.647. The topological polar surface area (TPSA) is 88.8 Å². The summed E-state index contributed by atoms with van der Waals surface area (Å²) in [6.07, 6.45) is 4.25. The predicted molar refractivity (Wildman–Crippen MR) is 99.1 cm³/mol. The number of hydrogen-bond donors (Lipinski definition) is 1. The van der Waals surface area contributed by atoms with Gasteiger partial charge in [0.1, 0.15) is 5.69 Å². The summed E-state index contributed by atoms with van der Waals surface area (Å²) < 4.78 is 7.02. The Hall–Kier alpha value is -2.00. The number of carbonyl (C=O) groups is 1. The van der Waals surface area contributed by atoms with Gasteiger partial charge in [-0.3, -0.25) is 9.59 Å². The lowest BCUT2D eigenvalue weighted by molar-refractivity contribution is 0.0851. The number of amides is 1. The van der Waals surface area contributed by atoms with Crippen molar-refractivity contribution in [3.63, 3.8) is 0 Å². The normalized spacial score (nSPS) is 21.4. The Kier molecular flexibility index (Phi) is 4.90. The van der Waals surface area contributed by atoms with E-state index in [4.69, 9.17) is 4.74 Å². The number of nitrogens with zero attached hydrogens (tertiary/aromatic N) is 4. The van der Waals surface area contributed by atoms with E-state index in [-0.39, 0.29) is 17.7 Å². The highest BCUT2D eigenvalue weighted by Gasteiger charge is 2.23. The highest BCUT2D eigenvalue weighted by Crippen LogP contribution is 2.27. The maximum absolute atomic E-state index is 12.6. The van der Waals surface area contributed by atoms with Crippen LogP contribution in [0.25, 0.3) is 4.96 Å². The smallest absolute Gasteiger partial charge is 0.274 e. The summed E-state index contributed by atoms with van der Waals surface area (Å²) >= 11 is 1.36. The third kappa shape index (κ3) is 3.59. The van der Waals surface area contributed by atoms with E-state index < -0.39 is 5.56 Å². The molecule has 2 aromatic heterocycles. The van der Waals surface area contributed by atoms with Gasteiger partial charge in [0, 0.05) is 32.3 Å². The van der Waals surface area contributed by atoms with Gasteiger partial charge in [-0.05, 0) is 31.6 Å². The number of aromatic nitrogens is 3. The van der Waals surface area contributed by atoms with Crippen molar-refractivity contribution in [1.29, 1.82) is 0 Å². The van der Waals surface area contributed by atoms with Gasteiger partial charge in [-0.15, -0.1) is 5.10 Å². The Bertz CT molecular complexity index is 850. The first kappa shape index (κ1) is 17.4. The average Bonchev–Trinajstić information content (AvgIpc) is 3.29. The van der Waals surface area contributed by atoms with Crippen LogP contribution in [-0.2, 0) is 4.74 Å². The summed E-state index contributed by atoms with van der Waals surface area (Å²) in [4.78, 5) is 31.2. The molecule has 2 aromatic rings. The predicted octanol–water partition coefficient (Wildman–Crippen LogP) is 1.30. The molecule has 0 spiro atoms. The molecule has 140 valence electrons. The molecule has 8 nitrogen and oxygen atoms in total. The Labute approximate surface area is 155 Å². The molecule has 0 aromatic carbocycles. The van der Waals surface area contributed by atoms with Crippen LogP contribution < -0.4 is 15.8 Å². The number of fused-ring (bicyclic) bond motifs is 1. The molecule has 4 rings (SSSR count). The Morgan fingerprint density at radius 3 is 2.92 bits per heavy atom. The van der Waals surface area contributed by atoms with Crippen LogP contribution in [0.4, 0.5) is 5.13 Å². The average molecular weight is 377 g/mol. The van der Waals surface area contributed by atoms with Gasteiger partial charge < -0.3 is 15.0 Å². The van der Waals surface area contributed by atoms with E-state index >= 15 is 0 Å². The van der Waals surface area contributed by atoms with Crippen molar-refractivity contribution in [3.05, 3.63) is 22.1 Å². The summed E-state index contributed by atoms with van der Waals surface area (Å²) in [7, 11) is 0. The minimum absolute atomic E-state index is 0.0503. The van der Waals surface area contributed by atoms with Crippen LogP contribution in [0, 0.1) is 5.92 Å². The van der Waals surface area contributed by atoms with Gasteiger partial charge in [0.05, 0.1) is 6.10 Å². The molecular weight excluding hydrogens is 354 g/mol. The largest absolute Gasteiger partial charge is 0.376 e. The fourth-order valence-electron chi connectivity index (χ4n) is 3.40. The summed E-state index contributed by atoms with van der Waals surface area (Å²) in [6.45, 7) is 5.31. The molecule has 2 aliphatic heterocycles. The summed E-state index contributed by atoms with van der Waals surface area (Å²) in [5, 5.41) is 8.23. The zero-order valence-electron chi connectivity index (χ0n) is 14.8. The molecule has 2 fully saturated rings. The van der Waals surface area contributed by atoms with E-state index in [1.165, 1.54) is 21.9 Å². The zero-order chi connectivity index (χ0) is 18.1. The van der Waals surface area contributed by atoms with E-state index in [0.29, 0.717) is 11.5 Å². The maximum atomic E-state index is 12.6.